The van der Waals surface area contributed by atoms with Gasteiger partial charge >= 0.3 is 0 Å². The van der Waals surface area contributed by atoms with Gasteiger partial charge in [0.1, 0.15) is 5.01 Å². The molecule has 0 aliphatic carbocycles. The SMILES string of the molecule is CCNC(C)c1ccn(Cc2nccs2)c1. The van der Waals surface area contributed by atoms with Crippen molar-refractivity contribution < 1.29 is 0 Å². The lowest BCUT2D eigenvalue weighted by atomic mass is 10.2. The second-order valence-corrected chi connectivity index (χ2v) is 4.80. The summed E-state index contributed by atoms with van der Waals surface area (Å²) in [5.74, 6) is 0. The summed E-state index contributed by atoms with van der Waals surface area (Å²) in [7, 11) is 0. The Morgan fingerprint density at radius 2 is 2.44 bits per heavy atom. The molecule has 0 aliphatic heterocycles. The highest BCUT2D eigenvalue weighted by molar-refractivity contribution is 7.09. The number of thiazole rings is 1. The molecule has 16 heavy (non-hydrogen) atoms. The minimum absolute atomic E-state index is 0.419. The zero-order valence-electron chi connectivity index (χ0n) is 9.68. The molecule has 0 bridgehead atoms. The Balaban J connectivity index is 2.02. The molecule has 2 rings (SSSR count). The molecule has 0 amide bonds. The molecule has 0 saturated heterocycles. The van der Waals surface area contributed by atoms with Crippen LogP contribution in [0.3, 0.4) is 0 Å². The molecular formula is C12H17N3S. The molecule has 1 N–H and O–H groups in total. The van der Waals surface area contributed by atoms with Crippen LogP contribution in [0.5, 0.6) is 0 Å². The van der Waals surface area contributed by atoms with E-state index in [2.05, 4.69) is 47.2 Å². The number of nitrogens with zero attached hydrogens (tertiary/aromatic N) is 2. The quantitative estimate of drug-likeness (QED) is 0.863. The smallest absolute Gasteiger partial charge is 0.112 e. The highest BCUT2D eigenvalue weighted by Gasteiger charge is 2.05. The normalized spacial score (nSPS) is 12.9. The molecule has 86 valence electrons. The molecule has 2 aromatic heterocycles. The van der Waals surface area contributed by atoms with Gasteiger partial charge in [-0.05, 0) is 25.1 Å². The Morgan fingerprint density at radius 1 is 1.56 bits per heavy atom. The average Bonchev–Trinajstić information content (AvgIpc) is 2.90. The molecule has 3 nitrogen and oxygen atoms in total. The summed E-state index contributed by atoms with van der Waals surface area (Å²) in [5.41, 5.74) is 1.33. The topological polar surface area (TPSA) is 29.9 Å². The lowest BCUT2D eigenvalue weighted by Gasteiger charge is -2.09. The van der Waals surface area contributed by atoms with Gasteiger partial charge in [-0.25, -0.2) is 4.98 Å². The minimum Gasteiger partial charge on any atom is -0.347 e. The van der Waals surface area contributed by atoms with E-state index in [1.165, 1.54) is 5.56 Å². The Bertz CT molecular complexity index is 419. The molecule has 1 unspecified atom stereocenters. The summed E-state index contributed by atoms with van der Waals surface area (Å²) in [6.07, 6.45) is 6.16. The molecule has 2 heterocycles. The molecule has 2 aromatic rings. The molecular weight excluding hydrogens is 218 g/mol. The summed E-state index contributed by atoms with van der Waals surface area (Å²) in [5, 5.41) is 6.57. The van der Waals surface area contributed by atoms with Crippen LogP contribution >= 0.6 is 11.3 Å². The lowest BCUT2D eigenvalue weighted by Crippen LogP contribution is -2.17. The summed E-state index contributed by atoms with van der Waals surface area (Å²) in [6, 6.07) is 2.59. The third kappa shape index (κ3) is 2.71. The van der Waals surface area contributed by atoms with Gasteiger partial charge in [-0.3, -0.25) is 0 Å². The second-order valence-electron chi connectivity index (χ2n) is 3.82. The lowest BCUT2D eigenvalue weighted by molar-refractivity contribution is 0.596. The maximum atomic E-state index is 4.28. The van der Waals surface area contributed by atoms with Gasteiger partial charge in [-0.15, -0.1) is 11.3 Å². The fraction of sp³-hybridized carbons (Fsp3) is 0.417. The van der Waals surface area contributed by atoms with E-state index in [-0.39, 0.29) is 0 Å². The number of rotatable bonds is 5. The predicted octanol–water partition coefficient (Wildman–Crippen LogP) is 2.66. The molecule has 4 heteroatoms. The van der Waals surface area contributed by atoms with E-state index < -0.39 is 0 Å². The van der Waals surface area contributed by atoms with E-state index in [9.17, 15) is 0 Å². The van der Waals surface area contributed by atoms with E-state index in [4.69, 9.17) is 0 Å². The number of nitrogens with one attached hydrogen (secondary N) is 1. The van der Waals surface area contributed by atoms with Gasteiger partial charge in [-0.2, -0.15) is 0 Å². The Morgan fingerprint density at radius 3 is 3.12 bits per heavy atom. The highest BCUT2D eigenvalue weighted by Crippen LogP contribution is 2.14. The Hall–Kier alpha value is -1.13. The molecule has 1 atom stereocenters. The van der Waals surface area contributed by atoms with E-state index in [0.717, 1.165) is 18.1 Å². The van der Waals surface area contributed by atoms with Gasteiger partial charge < -0.3 is 9.88 Å². The van der Waals surface area contributed by atoms with Crippen LogP contribution < -0.4 is 5.32 Å². The van der Waals surface area contributed by atoms with Crippen LogP contribution in [0.1, 0.15) is 30.5 Å². The Kier molecular flexibility index (Phi) is 3.74. The molecule has 0 aromatic carbocycles. The first-order chi connectivity index (χ1) is 7.79. The number of hydrogen-bond donors (Lipinski definition) is 1. The molecule has 0 fully saturated rings. The van der Waals surface area contributed by atoms with E-state index in [1.54, 1.807) is 11.3 Å². The first kappa shape index (κ1) is 11.4. The molecule has 0 radical (unpaired) electrons. The standard InChI is InChI=1S/C12H17N3S/c1-3-13-10(2)11-4-6-15(8-11)9-12-14-5-7-16-12/h4-8,10,13H,3,9H2,1-2H3. The summed E-state index contributed by atoms with van der Waals surface area (Å²) < 4.78 is 2.18. The first-order valence-electron chi connectivity index (χ1n) is 5.57. The van der Waals surface area contributed by atoms with Crippen LogP contribution in [-0.4, -0.2) is 16.1 Å². The van der Waals surface area contributed by atoms with Crippen molar-refractivity contribution in [2.45, 2.75) is 26.4 Å². The van der Waals surface area contributed by atoms with Gasteiger partial charge in [0.15, 0.2) is 0 Å². The predicted molar refractivity (Wildman–Crippen MR) is 67.7 cm³/mol. The van der Waals surface area contributed by atoms with Crippen molar-refractivity contribution in [3.63, 3.8) is 0 Å². The van der Waals surface area contributed by atoms with Crippen molar-refractivity contribution in [1.29, 1.82) is 0 Å². The van der Waals surface area contributed by atoms with E-state index in [0.29, 0.717) is 6.04 Å². The maximum absolute atomic E-state index is 4.28. The van der Waals surface area contributed by atoms with Crippen molar-refractivity contribution >= 4 is 11.3 Å². The molecule has 0 aliphatic rings. The molecule has 0 spiro atoms. The van der Waals surface area contributed by atoms with Crippen LogP contribution in [0.4, 0.5) is 0 Å². The van der Waals surface area contributed by atoms with Crippen LogP contribution in [0.15, 0.2) is 30.0 Å². The van der Waals surface area contributed by atoms with Crippen LogP contribution in [-0.2, 0) is 6.54 Å². The fourth-order valence-corrected chi connectivity index (χ4v) is 2.35. The second kappa shape index (κ2) is 5.27. The van der Waals surface area contributed by atoms with Crippen molar-refractivity contribution in [3.05, 3.63) is 40.6 Å². The van der Waals surface area contributed by atoms with Crippen LogP contribution in [0.25, 0.3) is 0 Å². The van der Waals surface area contributed by atoms with Crippen molar-refractivity contribution in [1.82, 2.24) is 14.9 Å². The van der Waals surface area contributed by atoms with Gasteiger partial charge in [0, 0.05) is 30.0 Å². The first-order valence-corrected chi connectivity index (χ1v) is 6.45. The number of aromatic nitrogens is 2. The third-order valence-electron chi connectivity index (χ3n) is 2.58. The van der Waals surface area contributed by atoms with E-state index >= 15 is 0 Å². The van der Waals surface area contributed by atoms with Gasteiger partial charge in [-0.1, -0.05) is 6.92 Å². The maximum Gasteiger partial charge on any atom is 0.112 e. The largest absolute Gasteiger partial charge is 0.347 e. The van der Waals surface area contributed by atoms with Gasteiger partial charge in [0.25, 0.3) is 0 Å². The zero-order valence-corrected chi connectivity index (χ0v) is 10.5. The average molecular weight is 235 g/mol. The third-order valence-corrected chi connectivity index (χ3v) is 3.35. The summed E-state index contributed by atoms with van der Waals surface area (Å²) >= 11 is 1.70. The van der Waals surface area contributed by atoms with Crippen molar-refractivity contribution in [2.24, 2.45) is 0 Å². The van der Waals surface area contributed by atoms with Crippen LogP contribution in [0.2, 0.25) is 0 Å². The van der Waals surface area contributed by atoms with Crippen molar-refractivity contribution in [3.8, 4) is 0 Å². The van der Waals surface area contributed by atoms with Gasteiger partial charge in [0.2, 0.25) is 0 Å². The molecule has 0 saturated carbocycles. The minimum atomic E-state index is 0.419. The zero-order chi connectivity index (χ0) is 11.4. The van der Waals surface area contributed by atoms with Gasteiger partial charge in [0.05, 0.1) is 6.54 Å². The Labute approximate surface area is 100 Å². The highest BCUT2D eigenvalue weighted by atomic mass is 32.1. The summed E-state index contributed by atoms with van der Waals surface area (Å²) in [6.45, 7) is 6.19. The monoisotopic (exact) mass is 235 g/mol. The van der Waals surface area contributed by atoms with E-state index in [1.807, 2.05) is 11.6 Å². The number of hydrogen-bond acceptors (Lipinski definition) is 3. The van der Waals surface area contributed by atoms with Crippen LogP contribution in [0, 0.1) is 0 Å². The van der Waals surface area contributed by atoms with Crippen molar-refractivity contribution in [2.75, 3.05) is 6.54 Å². The summed E-state index contributed by atoms with van der Waals surface area (Å²) in [4.78, 5) is 4.28. The fourth-order valence-electron chi connectivity index (χ4n) is 1.73.